The summed E-state index contributed by atoms with van der Waals surface area (Å²) in [4.78, 5) is 5.22. The van der Waals surface area contributed by atoms with Gasteiger partial charge in [0.1, 0.15) is 6.61 Å². The van der Waals surface area contributed by atoms with E-state index >= 15 is 0 Å². The van der Waals surface area contributed by atoms with E-state index in [2.05, 4.69) is 17.6 Å². The molecule has 2 heterocycles. The van der Waals surface area contributed by atoms with Gasteiger partial charge in [-0.1, -0.05) is 24.3 Å². The summed E-state index contributed by atoms with van der Waals surface area (Å²) in [7, 11) is 0. The van der Waals surface area contributed by atoms with Crippen LogP contribution in [0.4, 0.5) is 0 Å². The van der Waals surface area contributed by atoms with Crippen LogP contribution in [0.25, 0.3) is 11.8 Å². The van der Waals surface area contributed by atoms with E-state index in [0.717, 1.165) is 5.22 Å². The molecule has 0 aromatic heterocycles. The summed E-state index contributed by atoms with van der Waals surface area (Å²) in [5, 5.41) is 2.37. The molecule has 14 heavy (non-hydrogen) atoms. The lowest BCUT2D eigenvalue weighted by atomic mass is 10.1. The second kappa shape index (κ2) is 3.12. The maximum absolute atomic E-state index is 5.45. The maximum atomic E-state index is 5.45. The smallest absolute Gasteiger partial charge is 0.109 e. The maximum Gasteiger partial charge on any atom is 0.109 e. The van der Waals surface area contributed by atoms with Crippen LogP contribution in [0, 0.1) is 0 Å². The zero-order valence-electron chi connectivity index (χ0n) is 7.69. The topological polar surface area (TPSA) is 30.5 Å². The van der Waals surface area contributed by atoms with Crippen molar-refractivity contribution < 1.29 is 9.57 Å². The van der Waals surface area contributed by atoms with Gasteiger partial charge in [-0.05, 0) is 10.8 Å². The predicted octanol–water partition coefficient (Wildman–Crippen LogP) is -0.491. The van der Waals surface area contributed by atoms with E-state index in [-0.39, 0.29) is 6.04 Å². The Hall–Kier alpha value is -1.32. The van der Waals surface area contributed by atoms with Crippen molar-refractivity contribution in [2.45, 2.75) is 6.04 Å². The van der Waals surface area contributed by atoms with Crippen LogP contribution < -0.4 is 15.9 Å². The summed E-state index contributed by atoms with van der Waals surface area (Å²) in [5.74, 6) is 0. The van der Waals surface area contributed by atoms with Crippen molar-refractivity contribution in [2.75, 3.05) is 13.2 Å². The molecule has 1 N–H and O–H groups in total. The number of hydrogen-bond donors (Lipinski definition) is 1. The molecule has 3 heteroatoms. The molecule has 3 nitrogen and oxygen atoms in total. The monoisotopic (exact) mass is 189 g/mol. The number of nitrogens with one attached hydrogen (secondary N) is 1. The zero-order valence-corrected chi connectivity index (χ0v) is 7.69. The Morgan fingerprint density at radius 2 is 2.21 bits per heavy atom. The van der Waals surface area contributed by atoms with Gasteiger partial charge in [0.2, 0.25) is 0 Å². The van der Waals surface area contributed by atoms with Gasteiger partial charge >= 0.3 is 0 Å². The van der Waals surface area contributed by atoms with Gasteiger partial charge < -0.3 is 4.74 Å². The predicted molar refractivity (Wildman–Crippen MR) is 52.4 cm³/mol. The van der Waals surface area contributed by atoms with E-state index < -0.39 is 0 Å². The number of rotatable bonds is 0. The molecular weight excluding hydrogens is 178 g/mol. The van der Waals surface area contributed by atoms with Crippen molar-refractivity contribution in [2.24, 2.45) is 0 Å². The normalized spacial score (nSPS) is 24.3. The van der Waals surface area contributed by atoms with Crippen LogP contribution in [-0.4, -0.2) is 19.3 Å². The minimum atomic E-state index is 0.204. The third kappa shape index (κ3) is 1.14. The van der Waals surface area contributed by atoms with Crippen molar-refractivity contribution in [3.8, 4) is 0 Å². The van der Waals surface area contributed by atoms with Crippen molar-refractivity contribution in [1.82, 2.24) is 5.48 Å². The highest BCUT2D eigenvalue weighted by molar-refractivity contribution is 5.54. The second-order valence-corrected chi connectivity index (χ2v) is 3.52. The Bertz CT molecular complexity index is 466. The minimum Gasteiger partial charge on any atom is -0.498 e. The SMILES string of the molecule is C1=c2ccccc2=C2CONC2CO1. The van der Waals surface area contributed by atoms with Gasteiger partial charge in [-0.3, -0.25) is 4.84 Å². The zero-order chi connectivity index (χ0) is 9.38. The van der Waals surface area contributed by atoms with E-state index in [9.17, 15) is 0 Å². The van der Waals surface area contributed by atoms with E-state index in [4.69, 9.17) is 9.57 Å². The first-order chi connectivity index (χ1) is 6.95. The number of ether oxygens (including phenoxy) is 1. The molecule has 0 amide bonds. The molecule has 0 bridgehead atoms. The van der Waals surface area contributed by atoms with Crippen LogP contribution in [0.1, 0.15) is 0 Å². The fourth-order valence-corrected chi connectivity index (χ4v) is 1.92. The van der Waals surface area contributed by atoms with Gasteiger partial charge in [-0.25, -0.2) is 0 Å². The standard InChI is InChI=1S/C11H11NO2/c1-2-4-9-8(3-1)5-13-7-11-10(9)6-14-12-11/h1-5,11-12H,6-7H2. The molecular formula is C11H11NO2. The van der Waals surface area contributed by atoms with E-state index in [1.54, 1.807) is 0 Å². The van der Waals surface area contributed by atoms with Gasteiger partial charge in [0, 0.05) is 5.22 Å². The minimum absolute atomic E-state index is 0.204. The third-order valence-corrected chi connectivity index (χ3v) is 2.65. The lowest BCUT2D eigenvalue weighted by Gasteiger charge is -2.06. The Morgan fingerprint density at radius 1 is 1.29 bits per heavy atom. The molecule has 0 saturated carbocycles. The van der Waals surface area contributed by atoms with Crippen LogP contribution in [0.15, 0.2) is 24.3 Å². The summed E-state index contributed by atoms with van der Waals surface area (Å²) in [6.45, 7) is 1.29. The van der Waals surface area contributed by atoms with E-state index in [1.165, 1.54) is 10.8 Å². The van der Waals surface area contributed by atoms with Gasteiger partial charge in [0.05, 0.1) is 18.9 Å². The first-order valence-electron chi connectivity index (χ1n) is 4.72. The summed E-state index contributed by atoms with van der Waals surface area (Å²) >= 11 is 0. The lowest BCUT2D eigenvalue weighted by molar-refractivity contribution is 0.0768. The van der Waals surface area contributed by atoms with Crippen molar-refractivity contribution >= 4 is 11.8 Å². The van der Waals surface area contributed by atoms with Gasteiger partial charge in [0.25, 0.3) is 0 Å². The Balaban J connectivity index is 2.36. The number of fused-ring (bicyclic) bond motifs is 2. The molecule has 1 atom stereocenters. The average Bonchev–Trinajstić information content (AvgIpc) is 2.61. The van der Waals surface area contributed by atoms with Crippen LogP contribution in [-0.2, 0) is 9.57 Å². The molecule has 1 unspecified atom stereocenters. The molecule has 1 saturated heterocycles. The molecule has 0 spiro atoms. The molecule has 1 fully saturated rings. The summed E-state index contributed by atoms with van der Waals surface area (Å²) in [6.07, 6.45) is 1.82. The Labute approximate surface area is 81.6 Å². The van der Waals surface area contributed by atoms with Gasteiger partial charge in [-0.15, -0.1) is 0 Å². The number of hydroxylamine groups is 1. The largest absolute Gasteiger partial charge is 0.498 e. The third-order valence-electron chi connectivity index (χ3n) is 2.65. The van der Waals surface area contributed by atoms with E-state index in [1.807, 2.05) is 18.4 Å². The number of benzene rings is 1. The summed E-state index contributed by atoms with van der Waals surface area (Å²) < 4.78 is 5.45. The average molecular weight is 189 g/mol. The molecule has 3 rings (SSSR count). The van der Waals surface area contributed by atoms with Crippen molar-refractivity contribution in [1.29, 1.82) is 0 Å². The fourth-order valence-electron chi connectivity index (χ4n) is 1.92. The van der Waals surface area contributed by atoms with Crippen LogP contribution in [0.2, 0.25) is 0 Å². The lowest BCUT2D eigenvalue weighted by Crippen LogP contribution is -2.31. The first kappa shape index (κ1) is 8.03. The van der Waals surface area contributed by atoms with Crippen LogP contribution in [0.5, 0.6) is 0 Å². The van der Waals surface area contributed by atoms with E-state index in [0.29, 0.717) is 13.2 Å². The molecule has 72 valence electrons. The summed E-state index contributed by atoms with van der Waals surface area (Å²) in [5.41, 5.74) is 4.24. The van der Waals surface area contributed by atoms with Crippen LogP contribution >= 0.6 is 0 Å². The molecule has 1 aromatic rings. The Morgan fingerprint density at radius 3 is 3.21 bits per heavy atom. The molecule has 2 aliphatic rings. The quantitative estimate of drug-likeness (QED) is 0.597. The first-order valence-corrected chi connectivity index (χ1v) is 4.72. The second-order valence-electron chi connectivity index (χ2n) is 3.52. The van der Waals surface area contributed by atoms with Crippen molar-refractivity contribution in [3.05, 3.63) is 34.7 Å². The Kier molecular flexibility index (Phi) is 1.79. The highest BCUT2D eigenvalue weighted by Gasteiger charge is 2.23. The number of hydrogen-bond acceptors (Lipinski definition) is 3. The highest BCUT2D eigenvalue weighted by atomic mass is 16.7. The van der Waals surface area contributed by atoms with Crippen LogP contribution in [0.3, 0.4) is 0 Å². The highest BCUT2D eigenvalue weighted by Crippen LogP contribution is 2.10. The molecule has 1 aromatic carbocycles. The molecule has 0 radical (unpaired) electrons. The molecule has 0 aliphatic carbocycles. The molecule has 2 aliphatic heterocycles. The fraction of sp³-hybridized carbons (Fsp3) is 0.273. The van der Waals surface area contributed by atoms with Gasteiger partial charge in [-0.2, -0.15) is 5.48 Å². The van der Waals surface area contributed by atoms with Crippen molar-refractivity contribution in [3.63, 3.8) is 0 Å². The summed E-state index contributed by atoms with van der Waals surface area (Å²) in [6, 6.07) is 8.43. The van der Waals surface area contributed by atoms with Gasteiger partial charge in [0.15, 0.2) is 0 Å².